The van der Waals surface area contributed by atoms with Gasteiger partial charge in [0.2, 0.25) is 0 Å². The Kier molecular flexibility index (Phi) is 7.66. The fraction of sp³-hybridized carbons (Fsp3) is 0.360. The molecule has 2 aromatic carbocycles. The number of nitrogens with zero attached hydrogens (tertiary/aromatic N) is 2. The number of likely N-dealkylation sites (tertiary alicyclic amines) is 1. The highest BCUT2D eigenvalue weighted by molar-refractivity contribution is 6.46. The van der Waals surface area contributed by atoms with Crippen molar-refractivity contribution >= 4 is 29.1 Å². The first-order valence-electron chi connectivity index (χ1n) is 10.7. The lowest BCUT2D eigenvalue weighted by molar-refractivity contribution is -0.140. The average molecular weight is 473 g/mol. The molecule has 0 radical (unpaired) electrons. The molecule has 2 aromatic rings. The molecule has 1 unspecified atom stereocenters. The molecule has 1 aliphatic rings. The Morgan fingerprint density at radius 3 is 2.39 bits per heavy atom. The second kappa shape index (κ2) is 10.3. The molecule has 0 aromatic heterocycles. The maximum atomic E-state index is 13.1. The Balaban J connectivity index is 2.16. The maximum Gasteiger partial charge on any atom is 0.295 e. The third-order valence-electron chi connectivity index (χ3n) is 5.31. The normalized spacial score (nSPS) is 17.8. The molecule has 0 spiro atoms. The number of ether oxygens (including phenoxy) is 2. The summed E-state index contributed by atoms with van der Waals surface area (Å²) in [5.41, 5.74) is 0.934. The lowest BCUT2D eigenvalue weighted by atomic mass is 9.95. The summed E-state index contributed by atoms with van der Waals surface area (Å²) in [4.78, 5) is 29.6. The zero-order valence-electron chi connectivity index (χ0n) is 19.5. The second-order valence-corrected chi connectivity index (χ2v) is 8.81. The van der Waals surface area contributed by atoms with Crippen molar-refractivity contribution in [2.24, 2.45) is 0 Å². The van der Waals surface area contributed by atoms with Crippen molar-refractivity contribution in [3.05, 3.63) is 64.2 Å². The minimum Gasteiger partial charge on any atom is -0.507 e. The number of rotatable bonds is 8. The summed E-state index contributed by atoms with van der Waals surface area (Å²) in [5, 5.41) is 11.6. The number of hydrogen-bond donors (Lipinski definition) is 1. The molecule has 1 saturated heterocycles. The minimum absolute atomic E-state index is 0.00292. The number of likely N-dealkylation sites (N-methyl/N-ethyl adjacent to an activating group) is 1. The third kappa shape index (κ3) is 5.31. The van der Waals surface area contributed by atoms with Crippen molar-refractivity contribution in [3.63, 3.8) is 0 Å². The number of aliphatic hydroxyl groups is 1. The Morgan fingerprint density at radius 1 is 1.15 bits per heavy atom. The molecule has 33 heavy (non-hydrogen) atoms. The van der Waals surface area contributed by atoms with E-state index in [4.69, 9.17) is 21.1 Å². The van der Waals surface area contributed by atoms with Crippen LogP contribution in [0.25, 0.3) is 5.76 Å². The highest BCUT2D eigenvalue weighted by Crippen LogP contribution is 2.41. The van der Waals surface area contributed by atoms with Crippen LogP contribution in [0.1, 0.15) is 31.0 Å². The summed E-state index contributed by atoms with van der Waals surface area (Å²) in [5.74, 6) is -0.716. The van der Waals surface area contributed by atoms with Crippen LogP contribution in [0.3, 0.4) is 0 Å². The van der Waals surface area contributed by atoms with E-state index in [1.54, 1.807) is 36.4 Å². The fourth-order valence-corrected chi connectivity index (χ4v) is 3.95. The van der Waals surface area contributed by atoms with Gasteiger partial charge in [-0.3, -0.25) is 9.59 Å². The van der Waals surface area contributed by atoms with E-state index in [0.717, 1.165) is 0 Å². The smallest absolute Gasteiger partial charge is 0.295 e. The van der Waals surface area contributed by atoms with Crippen LogP contribution >= 0.6 is 11.6 Å². The quantitative estimate of drug-likeness (QED) is 0.353. The van der Waals surface area contributed by atoms with Crippen LogP contribution in [0.5, 0.6) is 11.5 Å². The van der Waals surface area contributed by atoms with Crippen molar-refractivity contribution < 1.29 is 24.2 Å². The molecule has 1 N–H and O–H groups in total. The first-order chi connectivity index (χ1) is 15.6. The van der Waals surface area contributed by atoms with Crippen LogP contribution in [0.15, 0.2) is 48.0 Å². The SMILES string of the molecule is COc1ccc(Cl)cc1/C(O)=C1\C(=O)C(=O)N(CCN(C)C)C1c1ccc(OC(C)C)cc1. The summed E-state index contributed by atoms with van der Waals surface area (Å²) in [6, 6.07) is 11.2. The van der Waals surface area contributed by atoms with Gasteiger partial charge in [0.15, 0.2) is 0 Å². The highest BCUT2D eigenvalue weighted by Gasteiger charge is 2.46. The van der Waals surface area contributed by atoms with Gasteiger partial charge in [0.25, 0.3) is 11.7 Å². The molecule has 1 amide bonds. The van der Waals surface area contributed by atoms with Crippen molar-refractivity contribution in [3.8, 4) is 11.5 Å². The molecule has 176 valence electrons. The van der Waals surface area contributed by atoms with Gasteiger partial charge in [-0.15, -0.1) is 0 Å². The lowest BCUT2D eigenvalue weighted by Gasteiger charge is -2.27. The number of ketones is 1. The van der Waals surface area contributed by atoms with Crippen molar-refractivity contribution in [2.75, 3.05) is 34.3 Å². The topological polar surface area (TPSA) is 79.3 Å². The summed E-state index contributed by atoms with van der Waals surface area (Å²) in [6.45, 7) is 4.74. The summed E-state index contributed by atoms with van der Waals surface area (Å²) < 4.78 is 11.1. The number of methoxy groups -OCH3 is 1. The lowest BCUT2D eigenvalue weighted by Crippen LogP contribution is -2.35. The number of aliphatic hydroxyl groups excluding tert-OH is 1. The average Bonchev–Trinajstić information content (AvgIpc) is 3.02. The largest absolute Gasteiger partial charge is 0.507 e. The maximum absolute atomic E-state index is 13.1. The van der Waals surface area contributed by atoms with E-state index >= 15 is 0 Å². The number of amides is 1. The fourth-order valence-electron chi connectivity index (χ4n) is 3.78. The highest BCUT2D eigenvalue weighted by atomic mass is 35.5. The summed E-state index contributed by atoms with van der Waals surface area (Å²) in [7, 11) is 5.24. The number of carbonyl (C=O) groups excluding carboxylic acids is 2. The van der Waals surface area contributed by atoms with E-state index in [-0.39, 0.29) is 23.0 Å². The van der Waals surface area contributed by atoms with E-state index in [1.807, 2.05) is 32.8 Å². The van der Waals surface area contributed by atoms with E-state index in [2.05, 4.69) is 0 Å². The van der Waals surface area contributed by atoms with Crippen LogP contribution in [-0.2, 0) is 9.59 Å². The van der Waals surface area contributed by atoms with E-state index in [9.17, 15) is 14.7 Å². The van der Waals surface area contributed by atoms with Gasteiger partial charge in [-0.25, -0.2) is 0 Å². The number of benzene rings is 2. The Hall–Kier alpha value is -3.03. The number of carbonyl (C=O) groups is 2. The first-order valence-corrected chi connectivity index (χ1v) is 11.1. The molecule has 1 atom stereocenters. The van der Waals surface area contributed by atoms with E-state index < -0.39 is 17.7 Å². The van der Waals surface area contributed by atoms with Crippen LogP contribution < -0.4 is 9.47 Å². The van der Waals surface area contributed by atoms with Crippen LogP contribution in [0.4, 0.5) is 0 Å². The summed E-state index contributed by atoms with van der Waals surface area (Å²) in [6.07, 6.45) is 0.0110. The molecule has 7 nitrogen and oxygen atoms in total. The summed E-state index contributed by atoms with van der Waals surface area (Å²) >= 11 is 6.14. The van der Waals surface area contributed by atoms with Gasteiger partial charge in [-0.2, -0.15) is 0 Å². The van der Waals surface area contributed by atoms with Crippen LogP contribution in [0, 0.1) is 0 Å². The van der Waals surface area contributed by atoms with E-state index in [1.165, 1.54) is 18.1 Å². The van der Waals surface area contributed by atoms with Gasteiger partial charge < -0.3 is 24.4 Å². The monoisotopic (exact) mass is 472 g/mol. The van der Waals surface area contributed by atoms with Crippen LogP contribution in [0.2, 0.25) is 5.02 Å². The molecule has 0 bridgehead atoms. The van der Waals surface area contributed by atoms with Crippen molar-refractivity contribution in [1.29, 1.82) is 0 Å². The van der Waals surface area contributed by atoms with Gasteiger partial charge in [-0.05, 0) is 63.8 Å². The Labute approximate surface area is 199 Å². The molecule has 0 saturated carbocycles. The van der Waals surface area contributed by atoms with Gasteiger partial charge in [0.05, 0.1) is 30.4 Å². The van der Waals surface area contributed by atoms with Gasteiger partial charge >= 0.3 is 0 Å². The standard InChI is InChI=1S/C25H29ClN2O5/c1-15(2)33-18-9-6-16(7-10-18)22-21(24(30)25(31)28(22)13-12-27(3)4)23(29)19-14-17(26)8-11-20(19)32-5/h6-11,14-15,22,29H,12-13H2,1-5H3/b23-21+. The first kappa shape index (κ1) is 24.6. The third-order valence-corrected chi connectivity index (χ3v) is 5.55. The number of Topliss-reactive ketones (excluding diaryl/α,β-unsaturated/α-hetero) is 1. The van der Waals surface area contributed by atoms with Gasteiger partial charge in [-0.1, -0.05) is 23.7 Å². The Morgan fingerprint density at radius 2 is 1.82 bits per heavy atom. The molecule has 3 rings (SSSR count). The molecular formula is C25H29ClN2O5. The molecule has 8 heteroatoms. The molecular weight excluding hydrogens is 444 g/mol. The van der Waals surface area contributed by atoms with Crippen LogP contribution in [-0.4, -0.2) is 67.0 Å². The van der Waals surface area contributed by atoms with E-state index in [0.29, 0.717) is 35.2 Å². The minimum atomic E-state index is -0.762. The zero-order valence-corrected chi connectivity index (χ0v) is 20.2. The molecule has 1 aliphatic heterocycles. The number of halogens is 1. The van der Waals surface area contributed by atoms with Crippen molar-refractivity contribution in [1.82, 2.24) is 9.80 Å². The molecule has 0 aliphatic carbocycles. The molecule has 1 fully saturated rings. The van der Waals surface area contributed by atoms with Gasteiger partial charge in [0.1, 0.15) is 17.3 Å². The Bertz CT molecular complexity index is 1060. The molecule has 1 heterocycles. The predicted octanol–water partition coefficient (Wildman–Crippen LogP) is 4.12. The second-order valence-electron chi connectivity index (χ2n) is 8.38. The van der Waals surface area contributed by atoms with Crippen molar-refractivity contribution in [2.45, 2.75) is 26.0 Å². The zero-order chi connectivity index (χ0) is 24.3. The van der Waals surface area contributed by atoms with Gasteiger partial charge in [0, 0.05) is 18.1 Å². The predicted molar refractivity (Wildman–Crippen MR) is 128 cm³/mol. The number of hydrogen-bond acceptors (Lipinski definition) is 6.